The van der Waals surface area contributed by atoms with Crippen LogP contribution in [0.1, 0.15) is 71.4 Å². The maximum atomic E-state index is 12.8. The Labute approximate surface area is 218 Å². The number of aromatic hydroxyl groups is 1. The first-order valence-electron chi connectivity index (χ1n) is 13.3. The molecule has 3 aliphatic rings. The first-order valence-corrected chi connectivity index (χ1v) is 13.3. The Morgan fingerprint density at radius 3 is 2.32 bits per heavy atom. The van der Waals surface area contributed by atoms with E-state index in [-0.39, 0.29) is 34.2 Å². The number of likely N-dealkylation sites (N-methyl/N-ethyl adjacent to an activating group) is 1. The Kier molecular flexibility index (Phi) is 4.78. The zero-order chi connectivity index (χ0) is 26.5. The molecule has 1 aliphatic heterocycles. The Balaban J connectivity index is 1.66. The molecular formula is C32H36N2O3. The van der Waals surface area contributed by atoms with Crippen molar-refractivity contribution >= 4 is 34.2 Å². The molecule has 0 amide bonds. The highest BCUT2D eigenvalue weighted by molar-refractivity contribution is 6.11. The van der Waals surface area contributed by atoms with Gasteiger partial charge >= 0.3 is 0 Å². The van der Waals surface area contributed by atoms with Gasteiger partial charge in [-0.15, -0.1) is 0 Å². The van der Waals surface area contributed by atoms with Crippen LogP contribution < -0.4 is 10.2 Å². The minimum atomic E-state index is -1.11. The SMILES string of the molecule is CC(=O)C1(CC=O)Nc2cc3c(O)cc4c(c3cc2N1C)-c1ccccc1C41CC(C)(C)CC(C)(C)C1. The van der Waals surface area contributed by atoms with E-state index in [1.54, 1.807) is 0 Å². The summed E-state index contributed by atoms with van der Waals surface area (Å²) in [4.78, 5) is 26.2. The smallest absolute Gasteiger partial charge is 0.177 e. The maximum absolute atomic E-state index is 12.8. The first kappa shape index (κ1) is 24.0. The Morgan fingerprint density at radius 2 is 1.68 bits per heavy atom. The van der Waals surface area contributed by atoms with Gasteiger partial charge in [-0.1, -0.05) is 52.0 Å². The van der Waals surface area contributed by atoms with Crippen molar-refractivity contribution in [3.8, 4) is 16.9 Å². The molecule has 1 fully saturated rings. The molecule has 5 heteroatoms. The van der Waals surface area contributed by atoms with Crippen molar-refractivity contribution in [3.05, 3.63) is 53.6 Å². The van der Waals surface area contributed by atoms with Crippen LogP contribution in [0, 0.1) is 10.8 Å². The van der Waals surface area contributed by atoms with Crippen LogP contribution in [0.3, 0.4) is 0 Å². The number of fused-ring (bicyclic) bond motifs is 8. The van der Waals surface area contributed by atoms with E-state index in [0.717, 1.165) is 47.7 Å². The van der Waals surface area contributed by atoms with Gasteiger partial charge in [-0.2, -0.15) is 0 Å². The van der Waals surface area contributed by atoms with Crippen LogP contribution in [-0.2, 0) is 15.0 Å². The maximum Gasteiger partial charge on any atom is 0.177 e. The van der Waals surface area contributed by atoms with Crippen LogP contribution in [0.25, 0.3) is 21.9 Å². The van der Waals surface area contributed by atoms with E-state index in [2.05, 4.69) is 63.3 Å². The van der Waals surface area contributed by atoms with Gasteiger partial charge in [0.25, 0.3) is 0 Å². The molecule has 5 nitrogen and oxygen atoms in total. The summed E-state index contributed by atoms with van der Waals surface area (Å²) in [6.07, 6.45) is 4.05. The van der Waals surface area contributed by atoms with Gasteiger partial charge in [0.15, 0.2) is 11.4 Å². The molecular weight excluding hydrogens is 460 g/mol. The average Bonchev–Trinajstić information content (AvgIpc) is 3.21. The highest BCUT2D eigenvalue weighted by Gasteiger charge is 2.54. The highest BCUT2D eigenvalue weighted by atomic mass is 16.3. The monoisotopic (exact) mass is 496 g/mol. The molecule has 0 radical (unpaired) electrons. The molecule has 2 aliphatic carbocycles. The van der Waals surface area contributed by atoms with E-state index in [4.69, 9.17) is 0 Å². The molecule has 1 heterocycles. The fraction of sp³-hybridized carbons (Fsp3) is 0.438. The third-order valence-electron chi connectivity index (χ3n) is 9.21. The lowest BCUT2D eigenvalue weighted by atomic mass is 9.52. The van der Waals surface area contributed by atoms with E-state index in [0.29, 0.717) is 0 Å². The summed E-state index contributed by atoms with van der Waals surface area (Å²) in [5, 5.41) is 16.5. The summed E-state index contributed by atoms with van der Waals surface area (Å²) in [6, 6.07) is 14.8. The summed E-state index contributed by atoms with van der Waals surface area (Å²) in [6.45, 7) is 11.0. The largest absolute Gasteiger partial charge is 0.507 e. The lowest BCUT2D eigenvalue weighted by molar-refractivity contribution is -0.123. The van der Waals surface area contributed by atoms with Crippen molar-refractivity contribution in [1.29, 1.82) is 0 Å². The Hall–Kier alpha value is -3.34. The van der Waals surface area contributed by atoms with E-state index >= 15 is 0 Å². The summed E-state index contributed by atoms with van der Waals surface area (Å²) in [5.41, 5.74) is 5.60. The van der Waals surface area contributed by atoms with E-state index in [1.807, 2.05) is 24.1 Å². The number of nitrogens with zero attached hydrogens (tertiary/aromatic N) is 1. The molecule has 3 aromatic carbocycles. The molecule has 0 bridgehead atoms. The number of phenols is 1. The fourth-order valence-corrected chi connectivity index (χ4v) is 8.53. The minimum Gasteiger partial charge on any atom is -0.507 e. The molecule has 3 aromatic rings. The third-order valence-corrected chi connectivity index (χ3v) is 9.21. The van der Waals surface area contributed by atoms with Gasteiger partial charge in [0.1, 0.15) is 12.0 Å². The normalized spacial score (nSPS) is 23.9. The number of rotatable bonds is 3. The van der Waals surface area contributed by atoms with Crippen LogP contribution in [0.4, 0.5) is 11.4 Å². The molecule has 192 valence electrons. The summed E-state index contributed by atoms with van der Waals surface area (Å²) in [5.74, 6) is 0.137. The number of anilines is 2. The van der Waals surface area contributed by atoms with Crippen LogP contribution in [0.15, 0.2) is 42.5 Å². The second-order valence-electron chi connectivity index (χ2n) is 13.2. The van der Waals surface area contributed by atoms with E-state index in [1.165, 1.54) is 29.2 Å². The molecule has 1 unspecified atom stereocenters. The third kappa shape index (κ3) is 3.15. The van der Waals surface area contributed by atoms with E-state index < -0.39 is 5.66 Å². The molecule has 1 atom stereocenters. The zero-order valence-electron chi connectivity index (χ0n) is 22.7. The summed E-state index contributed by atoms with van der Waals surface area (Å²) < 4.78 is 0. The predicted molar refractivity (Wildman–Crippen MR) is 149 cm³/mol. The number of benzene rings is 3. The topological polar surface area (TPSA) is 69.6 Å². The Bertz CT molecular complexity index is 1490. The van der Waals surface area contributed by atoms with E-state index in [9.17, 15) is 14.7 Å². The first-order chi connectivity index (χ1) is 17.3. The fourth-order valence-electron chi connectivity index (χ4n) is 8.53. The van der Waals surface area contributed by atoms with Gasteiger partial charge in [-0.25, -0.2) is 0 Å². The van der Waals surface area contributed by atoms with Crippen LogP contribution >= 0.6 is 0 Å². The van der Waals surface area contributed by atoms with Crippen molar-refractivity contribution in [2.45, 2.75) is 71.4 Å². The van der Waals surface area contributed by atoms with Crippen molar-refractivity contribution in [3.63, 3.8) is 0 Å². The lowest BCUT2D eigenvalue weighted by Gasteiger charge is -2.51. The quantitative estimate of drug-likeness (QED) is 0.391. The number of ketones is 1. The molecule has 2 N–H and O–H groups in total. The lowest BCUT2D eigenvalue weighted by Crippen LogP contribution is -2.54. The van der Waals surface area contributed by atoms with Crippen molar-refractivity contribution in [1.82, 2.24) is 0 Å². The molecule has 0 aromatic heterocycles. The van der Waals surface area contributed by atoms with Crippen molar-refractivity contribution in [2.24, 2.45) is 10.8 Å². The second kappa shape index (κ2) is 7.37. The zero-order valence-corrected chi connectivity index (χ0v) is 22.7. The number of hydrogen-bond donors (Lipinski definition) is 2. The molecule has 6 rings (SSSR count). The van der Waals surface area contributed by atoms with Crippen molar-refractivity contribution in [2.75, 3.05) is 17.3 Å². The molecule has 37 heavy (non-hydrogen) atoms. The van der Waals surface area contributed by atoms with Gasteiger partial charge in [-0.3, -0.25) is 4.79 Å². The number of carbonyl (C=O) groups excluding carboxylic acids is 2. The second-order valence-corrected chi connectivity index (χ2v) is 13.2. The van der Waals surface area contributed by atoms with Crippen LogP contribution in [0.2, 0.25) is 0 Å². The molecule has 0 saturated heterocycles. The summed E-state index contributed by atoms with van der Waals surface area (Å²) in [7, 11) is 1.86. The van der Waals surface area contributed by atoms with Gasteiger partial charge in [-0.05, 0) is 82.9 Å². The van der Waals surface area contributed by atoms with Crippen molar-refractivity contribution < 1.29 is 14.7 Å². The molecule has 1 spiro atoms. The minimum absolute atomic E-state index is 0.0457. The van der Waals surface area contributed by atoms with Gasteiger partial charge in [0.2, 0.25) is 0 Å². The summed E-state index contributed by atoms with van der Waals surface area (Å²) >= 11 is 0. The number of carbonyl (C=O) groups is 2. The van der Waals surface area contributed by atoms with Gasteiger partial charge in [0, 0.05) is 17.8 Å². The average molecular weight is 497 g/mol. The predicted octanol–water partition coefficient (Wildman–Crippen LogP) is 6.78. The number of Topliss-reactive ketones (excluding diaryl/α,β-unsaturated/α-hetero) is 1. The van der Waals surface area contributed by atoms with Gasteiger partial charge in [0.05, 0.1) is 17.8 Å². The number of nitrogens with one attached hydrogen (secondary N) is 1. The number of hydrogen-bond acceptors (Lipinski definition) is 5. The standard InChI is InChI=1S/C32H36N2O3/c1-19(36)32(11-12-35)33-25-13-21-22(14-26(25)34(32)6)28-20-9-7-8-10-23(20)31(24(28)15-27(21)37)17-29(2,3)16-30(4,5)18-31/h7-10,12-15,33,37H,11,16-18H2,1-6H3. The van der Waals surface area contributed by atoms with Crippen LogP contribution in [0.5, 0.6) is 5.75 Å². The highest BCUT2D eigenvalue weighted by Crippen LogP contribution is 2.65. The Morgan fingerprint density at radius 1 is 1.00 bits per heavy atom. The van der Waals surface area contributed by atoms with Gasteiger partial charge < -0.3 is 20.1 Å². The molecule has 1 saturated carbocycles. The number of phenolic OH excluding ortho intramolecular Hbond substituents is 1. The number of aldehydes is 1. The van der Waals surface area contributed by atoms with Crippen LogP contribution in [-0.4, -0.2) is 29.9 Å².